The topological polar surface area (TPSA) is 156 Å². The standard InChI is InChI=1S/C85H48N2O12/c1-90-7-9-94-13-15-96-17-19-98-79(88)85(80(89)99-20-18-97-16-14-95-10-8-91-2)83-75-63-44-28-26-24-23-25-27-29-36-47-34(25)46(33(24)44)65(75)66(47)76-67-48(36)37-40(29)56-55-39(27)31(23)41-32(26)42-35-30(28)45-38-43(35)59-61-51-50(38)68(77(83)64(45)63)70-54(51)52-53(69(67)78(70)84(76,83)85)49(37)60-62(52)74(61)82-22-87(4-6-93-12-11-92-5-3-86)21-81(82,73(56)60)71(55)57(41)58(42)72(59)82/h3-22,86H2,1-2H3. The number of nitrogens with two attached hydrogens (primary N) is 1. The van der Waals surface area contributed by atoms with Crippen molar-refractivity contribution in [1.82, 2.24) is 4.90 Å². The van der Waals surface area contributed by atoms with E-state index in [1.165, 1.54) is 243 Å². The number of carbonyl (C=O) groups is 2. The van der Waals surface area contributed by atoms with E-state index in [-0.39, 0.29) is 26.4 Å². The van der Waals surface area contributed by atoms with Crippen LogP contribution in [0.25, 0.3) is 259 Å². The van der Waals surface area contributed by atoms with Crippen LogP contribution >= 0.6 is 0 Å². The number of benzene rings is 16. The molecule has 0 radical (unpaired) electrons. The van der Waals surface area contributed by atoms with Crippen LogP contribution in [0.1, 0.15) is 44.5 Å². The van der Waals surface area contributed by atoms with Crippen LogP contribution in [0.4, 0.5) is 0 Å². The Hall–Kier alpha value is -8.74. The number of likely N-dealkylation sites (tertiary alicyclic amines) is 1. The van der Waals surface area contributed by atoms with Gasteiger partial charge in [-0.3, -0.25) is 14.5 Å². The molecule has 24 aromatic carbocycles. The van der Waals surface area contributed by atoms with E-state index in [4.69, 9.17) is 53.1 Å². The Balaban J connectivity index is 0.788. The molecule has 1 aliphatic heterocycles. The van der Waals surface area contributed by atoms with E-state index < -0.39 is 39.0 Å². The van der Waals surface area contributed by atoms with Gasteiger partial charge in [0, 0.05) is 40.4 Å². The zero-order valence-corrected chi connectivity index (χ0v) is 53.6. The van der Waals surface area contributed by atoms with E-state index in [0.717, 1.165) is 19.6 Å². The first-order chi connectivity index (χ1) is 49.1. The third-order valence-corrected chi connectivity index (χ3v) is 30.8. The van der Waals surface area contributed by atoms with Crippen molar-refractivity contribution in [1.29, 1.82) is 0 Å². The molecule has 470 valence electrons. The largest absolute Gasteiger partial charge is 0.462 e. The Bertz CT molecular complexity index is 8020. The maximum Gasteiger partial charge on any atom is 0.326 e. The fraction of sp³-hybridized carbons (Fsp3) is 0.318. The lowest BCUT2D eigenvalue weighted by Gasteiger charge is -2.49. The molecule has 0 amide bonds. The lowest BCUT2D eigenvalue weighted by molar-refractivity contribution is -0.168. The Morgan fingerprint density at radius 2 is 0.475 bits per heavy atom. The summed E-state index contributed by atoms with van der Waals surface area (Å²) in [5.41, 5.74) is 12.0. The molecular weight excluding hydrogens is 1240 g/mol. The summed E-state index contributed by atoms with van der Waals surface area (Å²) in [6.45, 7) is 8.92. The van der Waals surface area contributed by atoms with Gasteiger partial charge in [0.2, 0.25) is 0 Å². The Morgan fingerprint density at radius 3 is 0.717 bits per heavy atom. The zero-order valence-electron chi connectivity index (χ0n) is 53.6. The highest BCUT2D eigenvalue weighted by Gasteiger charge is 3.01. The first kappa shape index (κ1) is 48.1. The van der Waals surface area contributed by atoms with Crippen molar-refractivity contribution in [2.24, 2.45) is 11.1 Å². The highest BCUT2D eigenvalue weighted by atomic mass is 16.6. The van der Waals surface area contributed by atoms with Gasteiger partial charge in [-0.1, -0.05) is 0 Å². The Labute approximate surface area is 552 Å². The normalized spacial score (nSPS) is 23.7. The summed E-state index contributed by atoms with van der Waals surface area (Å²) in [7, 11) is 3.34. The number of esters is 2. The summed E-state index contributed by atoms with van der Waals surface area (Å²) < 4.78 is 61.3. The first-order valence-corrected chi connectivity index (χ1v) is 36.3. The molecule has 1 saturated carbocycles. The van der Waals surface area contributed by atoms with E-state index >= 15 is 9.59 Å². The van der Waals surface area contributed by atoms with Gasteiger partial charge in [-0.05, 0) is 303 Å². The van der Waals surface area contributed by atoms with Crippen molar-refractivity contribution >= 4 is 270 Å². The summed E-state index contributed by atoms with van der Waals surface area (Å²) in [4.78, 5) is 38.3. The van der Waals surface area contributed by atoms with Crippen LogP contribution in [-0.4, -0.2) is 163 Å². The quantitative estimate of drug-likeness (QED) is 0.0214. The van der Waals surface area contributed by atoms with Crippen LogP contribution in [0.3, 0.4) is 0 Å². The van der Waals surface area contributed by atoms with Gasteiger partial charge in [-0.25, -0.2) is 0 Å². The van der Waals surface area contributed by atoms with Crippen LogP contribution in [0.5, 0.6) is 0 Å². The summed E-state index contributed by atoms with van der Waals surface area (Å²) >= 11 is 0. The van der Waals surface area contributed by atoms with Crippen molar-refractivity contribution in [2.75, 3.05) is 146 Å². The van der Waals surface area contributed by atoms with Crippen molar-refractivity contribution < 1.29 is 57.0 Å². The van der Waals surface area contributed by atoms with Crippen LogP contribution in [0.15, 0.2) is 0 Å². The molecule has 1 saturated heterocycles. The molecule has 1 heterocycles. The number of ether oxygens (including phenoxy) is 10. The number of nitrogens with zero attached hydrogens (tertiary/aromatic N) is 1. The second-order valence-corrected chi connectivity index (χ2v) is 32.5. The SMILES string of the molecule is COCCOCCOCCOC(=O)C1(C(=O)OCCOCCOCCOC)C23c4c5c6c7c8c9c(c%10c%11c2c2c4c4c%12c%13c%14c%15c%16c%17c%18c%19c%20c%21c%22c(c%13c4c4c2c2c%11c%11c%10c%10c9c9c%13c8c(c6c%15c5%12)c%16c%13c%18c5c%19c6c%21c(c2c%224)c%11c6c%10c59)C%202CN(CCOCCOCCN)CC%14%172)C713. The van der Waals surface area contributed by atoms with Crippen molar-refractivity contribution in [3.05, 3.63) is 44.5 Å². The van der Waals surface area contributed by atoms with E-state index in [9.17, 15) is 0 Å². The van der Waals surface area contributed by atoms with Gasteiger partial charge in [-0.15, -0.1) is 0 Å². The number of carbonyl (C=O) groups excluding carboxylic acids is 2. The molecule has 4 unspecified atom stereocenters. The van der Waals surface area contributed by atoms with Gasteiger partial charge in [0.15, 0.2) is 5.41 Å². The first-order valence-electron chi connectivity index (χ1n) is 36.3. The average Bonchev–Trinajstić information content (AvgIpc) is 1.35. The lowest BCUT2D eigenvalue weighted by atomic mass is 9.50. The molecule has 2 N–H and O–H groups in total. The minimum atomic E-state index is -1.90. The molecule has 4 spiro atoms. The van der Waals surface area contributed by atoms with Gasteiger partial charge >= 0.3 is 11.9 Å². The summed E-state index contributed by atoms with van der Waals surface area (Å²) in [5, 5.41) is 69.0. The molecule has 9 aliphatic carbocycles. The molecule has 2 fully saturated rings. The molecule has 34 rings (SSSR count). The summed E-state index contributed by atoms with van der Waals surface area (Å²) in [6.07, 6.45) is 0. The number of hydrogen-bond acceptors (Lipinski definition) is 14. The molecule has 0 aromatic heterocycles. The second-order valence-electron chi connectivity index (χ2n) is 32.5. The Morgan fingerprint density at radius 1 is 0.273 bits per heavy atom. The fourth-order valence-corrected chi connectivity index (χ4v) is 29.9. The van der Waals surface area contributed by atoms with Gasteiger partial charge in [0.1, 0.15) is 13.2 Å². The van der Waals surface area contributed by atoms with Gasteiger partial charge in [0.25, 0.3) is 0 Å². The molecule has 24 aromatic rings. The third kappa shape index (κ3) is 3.41. The second kappa shape index (κ2) is 13.3. The molecule has 4 atom stereocenters. The maximum absolute atomic E-state index is 17.7. The molecule has 14 nitrogen and oxygen atoms in total. The van der Waals surface area contributed by atoms with Crippen LogP contribution in [-0.2, 0) is 78.6 Å². The van der Waals surface area contributed by atoms with Crippen LogP contribution < -0.4 is 5.73 Å². The number of methoxy groups -OCH3 is 2. The van der Waals surface area contributed by atoms with Crippen molar-refractivity contribution in [3.63, 3.8) is 0 Å². The summed E-state index contributed by atoms with van der Waals surface area (Å²) in [5.74, 6) is -1.02. The average molecular weight is 1290 g/mol. The monoisotopic (exact) mass is 1290 g/mol. The van der Waals surface area contributed by atoms with Crippen LogP contribution in [0, 0.1) is 5.41 Å². The van der Waals surface area contributed by atoms with Gasteiger partial charge in [0.05, 0.1) is 114 Å². The smallest absolute Gasteiger partial charge is 0.326 e. The molecule has 14 heteroatoms. The van der Waals surface area contributed by atoms with Gasteiger partial charge < -0.3 is 53.1 Å². The number of rotatable bonds is 28. The predicted molar refractivity (Wildman–Crippen MR) is 385 cm³/mol. The fourth-order valence-electron chi connectivity index (χ4n) is 29.9. The number of hydrogen-bond donors (Lipinski definition) is 1. The van der Waals surface area contributed by atoms with E-state index in [1.807, 2.05) is 0 Å². The van der Waals surface area contributed by atoms with E-state index in [0.29, 0.717) is 85.8 Å². The van der Waals surface area contributed by atoms with Crippen molar-refractivity contribution in [3.8, 4) is 0 Å². The molecule has 0 bridgehead atoms. The summed E-state index contributed by atoms with van der Waals surface area (Å²) in [6, 6.07) is 0. The van der Waals surface area contributed by atoms with E-state index in [1.54, 1.807) is 74.2 Å². The highest BCUT2D eigenvalue weighted by Crippen LogP contribution is 2.97. The minimum absolute atomic E-state index is 0.0380. The van der Waals surface area contributed by atoms with Crippen LogP contribution in [0.2, 0.25) is 0 Å². The van der Waals surface area contributed by atoms with E-state index in [2.05, 4.69) is 4.90 Å². The molecular formula is C85H48N2O12. The molecule has 10 aliphatic rings. The third-order valence-electron chi connectivity index (χ3n) is 30.8. The minimum Gasteiger partial charge on any atom is -0.462 e. The predicted octanol–water partition coefficient (Wildman–Crippen LogP) is 13.6. The highest BCUT2D eigenvalue weighted by molar-refractivity contribution is 6.78. The molecule has 99 heavy (non-hydrogen) atoms. The lowest BCUT2D eigenvalue weighted by Crippen LogP contribution is -2.51. The Kier molecular flexibility index (Phi) is 6.49. The van der Waals surface area contributed by atoms with Gasteiger partial charge in [-0.2, -0.15) is 0 Å². The van der Waals surface area contributed by atoms with Crippen molar-refractivity contribution in [2.45, 2.75) is 21.7 Å². The zero-order chi connectivity index (χ0) is 62.8. The maximum atomic E-state index is 17.7.